The van der Waals surface area contributed by atoms with Crippen molar-refractivity contribution >= 4 is 12.0 Å². The molecule has 17 heavy (non-hydrogen) atoms. The zero-order valence-electron chi connectivity index (χ0n) is 9.56. The Bertz CT molecular complexity index is 388. The topological polar surface area (TPSA) is 117 Å². The molecule has 94 valence electrons. The minimum Gasteiger partial charge on any atom is -0.480 e. The molecule has 0 fully saturated rings. The van der Waals surface area contributed by atoms with Gasteiger partial charge in [-0.15, -0.1) is 0 Å². The number of amides is 2. The first-order valence-corrected chi connectivity index (χ1v) is 4.96. The predicted molar refractivity (Wildman–Crippen MR) is 56.3 cm³/mol. The number of nitrogens with one attached hydrogen (secondary N) is 2. The second-order valence-electron chi connectivity index (χ2n) is 3.91. The Morgan fingerprint density at radius 1 is 1.53 bits per heavy atom. The third-order valence-corrected chi connectivity index (χ3v) is 2.00. The Labute approximate surface area is 97.4 Å². The summed E-state index contributed by atoms with van der Waals surface area (Å²) < 4.78 is 4.52. The zero-order chi connectivity index (χ0) is 12.9. The normalized spacial score (nSPS) is 10.9. The summed E-state index contributed by atoms with van der Waals surface area (Å²) in [7, 11) is 0. The van der Waals surface area contributed by atoms with Crippen LogP contribution in [0.3, 0.4) is 0 Å². The van der Waals surface area contributed by atoms with E-state index >= 15 is 0 Å². The van der Waals surface area contributed by atoms with E-state index in [1.165, 1.54) is 20.2 Å². The molecule has 0 saturated heterocycles. The molecule has 1 heterocycles. The molecule has 3 N–H and O–H groups in total. The second kappa shape index (κ2) is 5.28. The number of carbonyl (C=O) groups excluding carboxylic acids is 1. The lowest BCUT2D eigenvalue weighted by Gasteiger charge is -2.20. The van der Waals surface area contributed by atoms with Crippen LogP contribution >= 0.6 is 0 Å². The highest BCUT2D eigenvalue weighted by Gasteiger charge is 2.28. The van der Waals surface area contributed by atoms with Crippen LogP contribution < -0.4 is 10.6 Å². The predicted octanol–water partition coefficient (Wildman–Crippen LogP) is -0.225. The molecule has 8 heteroatoms. The van der Waals surface area contributed by atoms with E-state index in [2.05, 4.69) is 25.3 Å². The molecule has 1 aromatic rings. The molecule has 0 aliphatic rings. The van der Waals surface area contributed by atoms with E-state index in [-0.39, 0.29) is 0 Å². The summed E-state index contributed by atoms with van der Waals surface area (Å²) in [6.45, 7) is 3.09. The first-order chi connectivity index (χ1) is 7.92. The van der Waals surface area contributed by atoms with Crippen molar-refractivity contribution in [1.82, 2.24) is 20.8 Å². The number of hydrogen-bond donors (Lipinski definition) is 3. The molecule has 0 unspecified atom stereocenters. The van der Waals surface area contributed by atoms with E-state index in [4.69, 9.17) is 5.11 Å². The van der Waals surface area contributed by atoms with Gasteiger partial charge in [0, 0.05) is 13.0 Å². The highest BCUT2D eigenvalue weighted by Crippen LogP contribution is 2.00. The number of carboxylic acids is 1. The first-order valence-electron chi connectivity index (χ1n) is 4.96. The fraction of sp³-hybridized carbons (Fsp3) is 0.556. The van der Waals surface area contributed by atoms with Crippen LogP contribution in [0.4, 0.5) is 4.79 Å². The van der Waals surface area contributed by atoms with Gasteiger partial charge in [-0.2, -0.15) is 4.98 Å². The summed E-state index contributed by atoms with van der Waals surface area (Å²) in [5.41, 5.74) is -1.31. The minimum absolute atomic E-state index is 0.293. The highest BCUT2D eigenvalue weighted by atomic mass is 16.5. The van der Waals surface area contributed by atoms with Crippen molar-refractivity contribution in [2.24, 2.45) is 0 Å². The van der Waals surface area contributed by atoms with Crippen molar-refractivity contribution in [1.29, 1.82) is 0 Å². The van der Waals surface area contributed by atoms with E-state index in [0.29, 0.717) is 18.8 Å². The molecule has 0 aliphatic heterocycles. The van der Waals surface area contributed by atoms with Gasteiger partial charge in [0.15, 0.2) is 5.82 Å². The fourth-order valence-electron chi connectivity index (χ4n) is 0.972. The maximum atomic E-state index is 11.3. The Balaban J connectivity index is 2.28. The van der Waals surface area contributed by atoms with Crippen molar-refractivity contribution in [2.45, 2.75) is 25.8 Å². The summed E-state index contributed by atoms with van der Waals surface area (Å²) in [5.74, 6) is -0.631. The van der Waals surface area contributed by atoms with Crippen molar-refractivity contribution in [3.63, 3.8) is 0 Å². The monoisotopic (exact) mass is 242 g/mol. The summed E-state index contributed by atoms with van der Waals surface area (Å²) in [5, 5.41) is 17.2. The van der Waals surface area contributed by atoms with Crippen molar-refractivity contribution in [2.75, 3.05) is 6.54 Å². The van der Waals surface area contributed by atoms with Gasteiger partial charge in [0.25, 0.3) is 0 Å². The molecule has 1 aromatic heterocycles. The van der Waals surface area contributed by atoms with Crippen molar-refractivity contribution < 1.29 is 19.2 Å². The van der Waals surface area contributed by atoms with E-state index in [0.717, 1.165) is 0 Å². The quantitative estimate of drug-likeness (QED) is 0.656. The third kappa shape index (κ3) is 4.09. The molecule has 0 spiro atoms. The van der Waals surface area contributed by atoms with Crippen LogP contribution in [0.1, 0.15) is 19.7 Å². The molecule has 0 aliphatic carbocycles. The van der Waals surface area contributed by atoms with Crippen LogP contribution in [0.25, 0.3) is 0 Å². The van der Waals surface area contributed by atoms with Gasteiger partial charge in [-0.25, -0.2) is 9.59 Å². The molecule has 0 bridgehead atoms. The third-order valence-electron chi connectivity index (χ3n) is 2.00. The maximum Gasteiger partial charge on any atom is 0.328 e. The minimum atomic E-state index is -1.31. The standard InChI is InChI=1S/C9H14N4O4/c1-9(2,7(14)15)12-8(16)10-4-3-6-11-5-17-13-6/h5H,3-4H2,1-2H3,(H,14,15)(H2,10,12,16). The van der Waals surface area contributed by atoms with Gasteiger partial charge in [0.1, 0.15) is 5.54 Å². The van der Waals surface area contributed by atoms with Gasteiger partial charge >= 0.3 is 12.0 Å². The summed E-state index contributed by atoms with van der Waals surface area (Å²) >= 11 is 0. The van der Waals surface area contributed by atoms with Crippen LogP contribution in [0, 0.1) is 0 Å². The Hall–Kier alpha value is -2.12. The van der Waals surface area contributed by atoms with Gasteiger partial charge in [0.05, 0.1) is 0 Å². The van der Waals surface area contributed by atoms with Gasteiger partial charge in [-0.05, 0) is 13.8 Å². The number of carbonyl (C=O) groups is 2. The Kier molecular flexibility index (Phi) is 4.02. The smallest absolute Gasteiger partial charge is 0.328 e. The van der Waals surface area contributed by atoms with Gasteiger partial charge in [0.2, 0.25) is 6.39 Å². The molecule has 0 saturated carbocycles. The summed E-state index contributed by atoms with van der Waals surface area (Å²) in [6, 6.07) is -0.555. The van der Waals surface area contributed by atoms with Crippen LogP contribution in [0.15, 0.2) is 10.9 Å². The highest BCUT2D eigenvalue weighted by molar-refractivity contribution is 5.85. The fourth-order valence-corrected chi connectivity index (χ4v) is 0.972. The van der Waals surface area contributed by atoms with E-state index in [1.54, 1.807) is 0 Å². The molecular weight excluding hydrogens is 228 g/mol. The van der Waals surface area contributed by atoms with Gasteiger partial charge in [-0.1, -0.05) is 5.16 Å². The lowest BCUT2D eigenvalue weighted by Crippen LogP contribution is -2.53. The Morgan fingerprint density at radius 3 is 2.76 bits per heavy atom. The first kappa shape index (κ1) is 12.9. The second-order valence-corrected chi connectivity index (χ2v) is 3.91. The number of urea groups is 1. The number of aliphatic carboxylic acids is 1. The average Bonchev–Trinajstić information content (AvgIpc) is 2.69. The van der Waals surface area contributed by atoms with E-state index in [9.17, 15) is 9.59 Å². The van der Waals surface area contributed by atoms with Crippen LogP contribution in [0.2, 0.25) is 0 Å². The molecule has 0 aromatic carbocycles. The lowest BCUT2D eigenvalue weighted by atomic mass is 10.1. The lowest BCUT2D eigenvalue weighted by molar-refractivity contribution is -0.142. The number of carboxylic acid groups (broad SMARTS) is 1. The average molecular weight is 242 g/mol. The zero-order valence-corrected chi connectivity index (χ0v) is 9.56. The maximum absolute atomic E-state index is 11.3. The molecule has 2 amide bonds. The van der Waals surface area contributed by atoms with E-state index in [1.807, 2.05) is 0 Å². The number of hydrogen-bond acceptors (Lipinski definition) is 5. The van der Waals surface area contributed by atoms with E-state index < -0.39 is 17.5 Å². The van der Waals surface area contributed by atoms with Crippen LogP contribution in [0.5, 0.6) is 0 Å². The molecule has 0 radical (unpaired) electrons. The number of aromatic nitrogens is 2. The molecule has 0 atom stereocenters. The van der Waals surface area contributed by atoms with Crippen LogP contribution in [-0.4, -0.2) is 39.3 Å². The van der Waals surface area contributed by atoms with Crippen molar-refractivity contribution in [3.05, 3.63) is 12.2 Å². The molecule has 8 nitrogen and oxygen atoms in total. The number of rotatable bonds is 5. The SMILES string of the molecule is CC(C)(NC(=O)NCCc1ncon1)C(=O)O. The largest absolute Gasteiger partial charge is 0.480 e. The number of nitrogens with zero attached hydrogens (tertiary/aromatic N) is 2. The van der Waals surface area contributed by atoms with Crippen molar-refractivity contribution in [3.8, 4) is 0 Å². The van der Waals surface area contributed by atoms with Gasteiger partial charge < -0.3 is 20.3 Å². The summed E-state index contributed by atoms with van der Waals surface area (Å²) in [4.78, 5) is 25.9. The van der Waals surface area contributed by atoms with Crippen LogP contribution in [-0.2, 0) is 11.2 Å². The van der Waals surface area contributed by atoms with Gasteiger partial charge in [-0.3, -0.25) is 0 Å². The molecule has 1 rings (SSSR count). The Morgan fingerprint density at radius 2 is 2.24 bits per heavy atom. The molecular formula is C9H14N4O4. The summed E-state index contributed by atoms with van der Waals surface area (Å²) in [6.07, 6.45) is 1.61.